The lowest BCUT2D eigenvalue weighted by molar-refractivity contribution is 0.122. The van der Waals surface area contributed by atoms with Gasteiger partial charge in [-0.05, 0) is 30.3 Å². The maximum Gasteiger partial charge on any atom is 0.129 e. The van der Waals surface area contributed by atoms with Crippen LogP contribution in [-0.4, -0.2) is 37.0 Å². The number of nitrogens with one attached hydrogen (secondary N) is 1. The molecule has 3 rings (SSSR count). The highest BCUT2D eigenvalue weighted by atomic mass is 79.9. The number of morpholine rings is 1. The first kappa shape index (κ1) is 15.0. The van der Waals surface area contributed by atoms with Crippen molar-refractivity contribution in [3.8, 4) is 0 Å². The summed E-state index contributed by atoms with van der Waals surface area (Å²) in [6, 6.07) is 9.34. The second-order valence-electron chi connectivity index (χ2n) is 5.11. The summed E-state index contributed by atoms with van der Waals surface area (Å²) >= 11 is 3.39. The first-order valence-corrected chi connectivity index (χ1v) is 7.87. The molecule has 1 aliphatic heterocycles. The summed E-state index contributed by atoms with van der Waals surface area (Å²) in [6.45, 7) is 3.07. The Balaban J connectivity index is 1.89. The SMILES string of the molecule is N=C(c1ccnc(N2CCOCC2)c1)c1ccc(Br)cc1N. The maximum absolute atomic E-state index is 8.43. The lowest BCUT2D eigenvalue weighted by Crippen LogP contribution is -2.36. The van der Waals surface area contributed by atoms with Crippen LogP contribution in [0.1, 0.15) is 11.1 Å². The van der Waals surface area contributed by atoms with Crippen molar-refractivity contribution in [1.29, 1.82) is 5.41 Å². The fourth-order valence-corrected chi connectivity index (χ4v) is 2.83. The smallest absolute Gasteiger partial charge is 0.129 e. The maximum atomic E-state index is 8.43. The van der Waals surface area contributed by atoms with Gasteiger partial charge < -0.3 is 15.4 Å². The van der Waals surface area contributed by atoms with Gasteiger partial charge in [-0.2, -0.15) is 0 Å². The molecule has 3 N–H and O–H groups in total. The van der Waals surface area contributed by atoms with Gasteiger partial charge in [0.05, 0.1) is 18.9 Å². The van der Waals surface area contributed by atoms with Crippen molar-refractivity contribution in [2.75, 3.05) is 36.9 Å². The van der Waals surface area contributed by atoms with Crippen LogP contribution in [0.5, 0.6) is 0 Å². The van der Waals surface area contributed by atoms with Gasteiger partial charge in [0.2, 0.25) is 0 Å². The second kappa shape index (κ2) is 6.46. The highest BCUT2D eigenvalue weighted by Gasteiger charge is 2.15. The summed E-state index contributed by atoms with van der Waals surface area (Å²) < 4.78 is 6.27. The van der Waals surface area contributed by atoms with E-state index in [9.17, 15) is 0 Å². The van der Waals surface area contributed by atoms with Crippen LogP contribution >= 0.6 is 15.9 Å². The zero-order valence-corrected chi connectivity index (χ0v) is 13.6. The van der Waals surface area contributed by atoms with E-state index in [4.69, 9.17) is 15.9 Å². The Kier molecular flexibility index (Phi) is 4.40. The van der Waals surface area contributed by atoms with E-state index in [2.05, 4.69) is 25.8 Å². The zero-order valence-electron chi connectivity index (χ0n) is 12.1. The van der Waals surface area contributed by atoms with Gasteiger partial charge in [0.1, 0.15) is 5.82 Å². The molecule has 0 saturated carbocycles. The van der Waals surface area contributed by atoms with Gasteiger partial charge in [0.15, 0.2) is 0 Å². The van der Waals surface area contributed by atoms with Crippen molar-refractivity contribution >= 4 is 33.1 Å². The molecule has 0 amide bonds. The summed E-state index contributed by atoms with van der Waals surface area (Å²) in [5.74, 6) is 0.876. The van der Waals surface area contributed by atoms with E-state index >= 15 is 0 Å². The summed E-state index contributed by atoms with van der Waals surface area (Å²) in [7, 11) is 0. The Bertz CT molecular complexity index is 698. The monoisotopic (exact) mass is 360 g/mol. The molecule has 0 aliphatic carbocycles. The number of nitrogen functional groups attached to an aromatic ring is 1. The number of hydrogen-bond acceptors (Lipinski definition) is 5. The molecule has 114 valence electrons. The van der Waals surface area contributed by atoms with E-state index in [0.717, 1.165) is 34.5 Å². The molecular weight excluding hydrogens is 344 g/mol. The molecule has 1 aromatic carbocycles. The van der Waals surface area contributed by atoms with Gasteiger partial charge in [-0.3, -0.25) is 5.41 Å². The molecule has 5 nitrogen and oxygen atoms in total. The first-order valence-electron chi connectivity index (χ1n) is 7.08. The highest BCUT2D eigenvalue weighted by molar-refractivity contribution is 9.10. The van der Waals surface area contributed by atoms with E-state index in [1.54, 1.807) is 6.20 Å². The third kappa shape index (κ3) is 3.13. The lowest BCUT2D eigenvalue weighted by atomic mass is 10.0. The first-order chi connectivity index (χ1) is 10.6. The summed E-state index contributed by atoms with van der Waals surface area (Å²) in [5.41, 5.74) is 8.55. The van der Waals surface area contributed by atoms with Crippen LogP contribution in [0.25, 0.3) is 0 Å². The number of nitrogens with zero attached hydrogens (tertiary/aromatic N) is 2. The number of hydrogen-bond donors (Lipinski definition) is 2. The number of anilines is 2. The van der Waals surface area contributed by atoms with Crippen molar-refractivity contribution in [3.05, 3.63) is 52.1 Å². The predicted octanol–water partition coefficient (Wildman–Crippen LogP) is 2.68. The van der Waals surface area contributed by atoms with Gasteiger partial charge in [-0.15, -0.1) is 0 Å². The summed E-state index contributed by atoms with van der Waals surface area (Å²) in [6.07, 6.45) is 1.74. The van der Waals surface area contributed by atoms with Gasteiger partial charge in [0.25, 0.3) is 0 Å². The quantitative estimate of drug-likeness (QED) is 0.651. The Labute approximate surface area is 137 Å². The van der Waals surface area contributed by atoms with Crippen molar-refractivity contribution in [1.82, 2.24) is 4.98 Å². The molecule has 0 bridgehead atoms. The summed E-state index contributed by atoms with van der Waals surface area (Å²) in [5, 5.41) is 8.43. The Morgan fingerprint density at radius 1 is 1.23 bits per heavy atom. The van der Waals surface area contributed by atoms with Crippen LogP contribution < -0.4 is 10.6 Å². The largest absolute Gasteiger partial charge is 0.398 e. The number of aromatic nitrogens is 1. The van der Waals surface area contributed by atoms with Crippen LogP contribution in [-0.2, 0) is 4.74 Å². The molecule has 1 aliphatic rings. The molecule has 0 atom stereocenters. The Hall–Kier alpha value is -1.92. The number of rotatable bonds is 3. The van der Waals surface area contributed by atoms with Crippen LogP contribution in [0.2, 0.25) is 0 Å². The minimum Gasteiger partial charge on any atom is -0.398 e. The Morgan fingerprint density at radius 3 is 2.73 bits per heavy atom. The van der Waals surface area contributed by atoms with Crippen LogP contribution in [0.15, 0.2) is 41.0 Å². The molecule has 1 aromatic heterocycles. The topological polar surface area (TPSA) is 75.2 Å². The van der Waals surface area contributed by atoms with Gasteiger partial charge in [-0.25, -0.2) is 4.98 Å². The van der Waals surface area contributed by atoms with Crippen molar-refractivity contribution in [2.45, 2.75) is 0 Å². The third-order valence-corrected chi connectivity index (χ3v) is 4.15. The van der Waals surface area contributed by atoms with Crippen LogP contribution in [0.3, 0.4) is 0 Å². The molecule has 22 heavy (non-hydrogen) atoms. The molecule has 0 spiro atoms. The van der Waals surface area contributed by atoms with E-state index in [0.29, 0.717) is 24.6 Å². The van der Waals surface area contributed by atoms with Crippen molar-refractivity contribution < 1.29 is 4.74 Å². The van der Waals surface area contributed by atoms with E-state index in [-0.39, 0.29) is 0 Å². The molecule has 1 fully saturated rings. The zero-order chi connectivity index (χ0) is 15.5. The van der Waals surface area contributed by atoms with Gasteiger partial charge in [0, 0.05) is 40.6 Å². The average Bonchev–Trinajstić information content (AvgIpc) is 2.55. The normalized spacial score (nSPS) is 14.9. The standard InChI is InChI=1S/C16H17BrN4O/c17-12-1-2-13(14(18)10-12)16(19)11-3-4-20-15(9-11)21-5-7-22-8-6-21/h1-4,9-10,19H,5-8,18H2. The van der Waals surface area contributed by atoms with Crippen molar-refractivity contribution in [3.63, 3.8) is 0 Å². The molecule has 2 aromatic rings. The second-order valence-corrected chi connectivity index (χ2v) is 6.02. The minimum atomic E-state index is 0.405. The fourth-order valence-electron chi connectivity index (χ4n) is 2.46. The molecule has 0 unspecified atom stereocenters. The molecule has 2 heterocycles. The fraction of sp³-hybridized carbons (Fsp3) is 0.250. The van der Waals surface area contributed by atoms with E-state index in [1.807, 2.05) is 30.3 Å². The van der Waals surface area contributed by atoms with Crippen LogP contribution in [0, 0.1) is 5.41 Å². The van der Waals surface area contributed by atoms with Gasteiger partial charge >= 0.3 is 0 Å². The molecule has 0 radical (unpaired) electrons. The molecule has 6 heteroatoms. The van der Waals surface area contributed by atoms with Gasteiger partial charge in [-0.1, -0.05) is 15.9 Å². The third-order valence-electron chi connectivity index (χ3n) is 3.65. The lowest BCUT2D eigenvalue weighted by Gasteiger charge is -2.28. The van der Waals surface area contributed by atoms with E-state index < -0.39 is 0 Å². The number of nitrogens with two attached hydrogens (primary N) is 1. The Morgan fingerprint density at radius 2 is 2.00 bits per heavy atom. The molecular formula is C16H17BrN4O. The number of benzene rings is 1. The van der Waals surface area contributed by atoms with Crippen LogP contribution in [0.4, 0.5) is 11.5 Å². The van der Waals surface area contributed by atoms with Crippen molar-refractivity contribution in [2.24, 2.45) is 0 Å². The highest BCUT2D eigenvalue weighted by Crippen LogP contribution is 2.23. The van der Waals surface area contributed by atoms with E-state index in [1.165, 1.54) is 0 Å². The predicted molar refractivity (Wildman–Crippen MR) is 91.8 cm³/mol. The minimum absolute atomic E-state index is 0.405. The summed E-state index contributed by atoms with van der Waals surface area (Å²) in [4.78, 5) is 6.58. The average molecular weight is 361 g/mol. The number of ether oxygens (including phenoxy) is 1. The number of pyridine rings is 1. The molecule has 1 saturated heterocycles. The number of halogens is 1.